The molecule has 0 amide bonds. The highest BCUT2D eigenvalue weighted by atomic mass is 29.2. The highest BCUT2D eigenvalue weighted by Gasteiger charge is 2.19. The molecule has 1 fully saturated rings. The van der Waals surface area contributed by atoms with Gasteiger partial charge in [0, 0.05) is 6.61 Å². The number of rotatable bonds is 3. The van der Waals surface area contributed by atoms with Gasteiger partial charge in [-0.3, -0.25) is 0 Å². The summed E-state index contributed by atoms with van der Waals surface area (Å²) < 4.78 is 5.44. The highest BCUT2D eigenvalue weighted by molar-refractivity contribution is 7.10. The Balaban J connectivity index is 2.13. The molecule has 0 radical (unpaired) electrons. The molecule has 1 aliphatic rings. The molecule has 1 rings (SSSR count). The Kier molecular flexibility index (Phi) is 4.31. The van der Waals surface area contributed by atoms with Gasteiger partial charge in [-0.25, -0.2) is 0 Å². The lowest BCUT2D eigenvalue weighted by Gasteiger charge is -2.21. The Bertz CT molecular complexity index is 106. The number of aliphatic hydroxyl groups excluding tert-OH is 2. The summed E-state index contributed by atoms with van der Waals surface area (Å²) in [6.45, 7) is 0.878. The zero-order chi connectivity index (χ0) is 8.10. The van der Waals surface area contributed by atoms with Gasteiger partial charge in [-0.05, 0) is 12.5 Å². The van der Waals surface area contributed by atoms with E-state index in [0.717, 1.165) is 12.7 Å². The van der Waals surface area contributed by atoms with Crippen molar-refractivity contribution in [3.05, 3.63) is 0 Å². The molecule has 0 spiro atoms. The van der Waals surface area contributed by atoms with Crippen molar-refractivity contribution in [1.29, 1.82) is 0 Å². The fourth-order valence-electron chi connectivity index (χ4n) is 1.45. The minimum absolute atomic E-state index is 0.0715. The zero-order valence-corrected chi connectivity index (χ0v) is 9.27. The lowest BCUT2D eigenvalue weighted by molar-refractivity contribution is 0.109. The summed E-state index contributed by atoms with van der Waals surface area (Å²) in [5.41, 5.74) is 0. The summed E-state index contributed by atoms with van der Waals surface area (Å²) in [7, 11) is -0.957. The van der Waals surface area contributed by atoms with Crippen LogP contribution in [-0.2, 0) is 4.43 Å². The predicted octanol–water partition coefficient (Wildman–Crippen LogP) is -1.43. The molecular weight excluding hydrogens is 176 g/mol. The van der Waals surface area contributed by atoms with Gasteiger partial charge >= 0.3 is 0 Å². The van der Waals surface area contributed by atoms with Crippen LogP contribution in [-0.4, -0.2) is 47.1 Å². The molecular formula is C6H16O3Si2. The highest BCUT2D eigenvalue weighted by Crippen LogP contribution is 2.10. The van der Waals surface area contributed by atoms with E-state index in [2.05, 4.69) is 0 Å². The molecule has 66 valence electrons. The molecule has 1 saturated heterocycles. The van der Waals surface area contributed by atoms with Crippen molar-refractivity contribution in [2.45, 2.75) is 24.6 Å². The van der Waals surface area contributed by atoms with Crippen LogP contribution in [0.1, 0.15) is 6.42 Å². The van der Waals surface area contributed by atoms with Gasteiger partial charge in [0.1, 0.15) is 9.28 Å². The minimum Gasteiger partial charge on any atom is -0.428 e. The average Bonchev–Trinajstić information content (AvgIpc) is 2.06. The Morgan fingerprint density at radius 2 is 2.45 bits per heavy atom. The average molecular weight is 192 g/mol. The van der Waals surface area contributed by atoms with Gasteiger partial charge in [0.2, 0.25) is 0 Å². The van der Waals surface area contributed by atoms with Crippen molar-refractivity contribution in [2.75, 3.05) is 13.2 Å². The van der Waals surface area contributed by atoms with Crippen molar-refractivity contribution >= 4 is 17.6 Å². The summed E-state index contributed by atoms with van der Waals surface area (Å²) in [5, 5.41) is 17.8. The summed E-state index contributed by atoms with van der Waals surface area (Å²) in [5.74, 6) is 0. The smallest absolute Gasteiger partial charge is 0.147 e. The predicted molar refractivity (Wildman–Crippen MR) is 49.0 cm³/mol. The molecule has 0 aromatic heterocycles. The van der Waals surface area contributed by atoms with Crippen molar-refractivity contribution in [2.24, 2.45) is 0 Å². The van der Waals surface area contributed by atoms with E-state index in [1.54, 1.807) is 0 Å². The first-order valence-electron chi connectivity index (χ1n) is 4.19. The Labute approximate surface area is 70.7 Å². The molecule has 0 aromatic carbocycles. The maximum absolute atomic E-state index is 9.16. The molecule has 2 atom stereocenters. The molecule has 1 aliphatic heterocycles. The first kappa shape index (κ1) is 9.40. The van der Waals surface area contributed by atoms with E-state index < -0.39 is 14.4 Å². The quantitative estimate of drug-likeness (QED) is 0.539. The lowest BCUT2D eigenvalue weighted by atomic mass is 10.4. The fraction of sp³-hybridized carbons (Fsp3) is 1.00. The van der Waals surface area contributed by atoms with Crippen LogP contribution in [0.3, 0.4) is 0 Å². The molecule has 2 N–H and O–H groups in total. The molecule has 5 heteroatoms. The van der Waals surface area contributed by atoms with Gasteiger partial charge in [0.25, 0.3) is 0 Å². The van der Waals surface area contributed by atoms with Gasteiger partial charge in [0.15, 0.2) is 0 Å². The van der Waals surface area contributed by atoms with E-state index in [0.29, 0.717) is 0 Å². The van der Waals surface area contributed by atoms with Crippen LogP contribution in [0.4, 0.5) is 0 Å². The lowest BCUT2D eigenvalue weighted by Crippen LogP contribution is -2.34. The molecule has 2 unspecified atom stereocenters. The van der Waals surface area contributed by atoms with Crippen LogP contribution in [0.2, 0.25) is 12.1 Å². The number of hydrogen-bond donors (Lipinski definition) is 2. The first-order chi connectivity index (χ1) is 5.33. The second-order valence-corrected chi connectivity index (χ2v) is 11.1. The molecule has 0 bridgehead atoms. The monoisotopic (exact) mass is 192 g/mol. The van der Waals surface area contributed by atoms with Crippen LogP contribution in [0.5, 0.6) is 0 Å². The van der Waals surface area contributed by atoms with E-state index >= 15 is 0 Å². The molecule has 0 aliphatic carbocycles. The third kappa shape index (κ3) is 3.48. The van der Waals surface area contributed by atoms with Crippen molar-refractivity contribution in [3.63, 3.8) is 0 Å². The van der Waals surface area contributed by atoms with Crippen LogP contribution in [0.25, 0.3) is 0 Å². The largest absolute Gasteiger partial charge is 0.428 e. The summed E-state index contributed by atoms with van der Waals surface area (Å²) >= 11 is 0. The van der Waals surface area contributed by atoms with Crippen LogP contribution in [0.15, 0.2) is 0 Å². The third-order valence-electron chi connectivity index (χ3n) is 2.07. The van der Waals surface area contributed by atoms with E-state index in [1.807, 2.05) is 0 Å². The Hall–Kier alpha value is 0.314. The minimum atomic E-state index is -0.695. The maximum atomic E-state index is 9.16. The molecule has 1 heterocycles. The second kappa shape index (κ2) is 5.05. The van der Waals surface area contributed by atoms with E-state index in [9.17, 15) is 0 Å². The summed E-state index contributed by atoms with van der Waals surface area (Å²) in [6, 6.07) is 2.20. The second-order valence-electron chi connectivity index (χ2n) is 3.16. The first-order valence-corrected chi connectivity index (χ1v) is 9.67. The Morgan fingerprint density at radius 3 is 3.00 bits per heavy atom. The standard InChI is InChI=1S/C6H16O3Si2/c7-4-6(8)5-11-3-1-2-9-10-11/h6-8,11H,1-5,10H2. The van der Waals surface area contributed by atoms with E-state index in [1.165, 1.54) is 12.5 Å². The molecule has 0 aromatic rings. The number of hydrogen-bond acceptors (Lipinski definition) is 3. The Morgan fingerprint density at radius 1 is 1.64 bits per heavy atom. The van der Waals surface area contributed by atoms with Gasteiger partial charge in [-0.1, -0.05) is 6.04 Å². The van der Waals surface area contributed by atoms with E-state index in [4.69, 9.17) is 14.6 Å². The topological polar surface area (TPSA) is 49.7 Å². The third-order valence-corrected chi connectivity index (χ3v) is 9.85. The maximum Gasteiger partial charge on any atom is 0.147 e. The number of aliphatic hydroxyl groups is 2. The van der Waals surface area contributed by atoms with Gasteiger partial charge in [-0.15, -0.1) is 0 Å². The van der Waals surface area contributed by atoms with Gasteiger partial charge in [-0.2, -0.15) is 0 Å². The summed E-state index contributed by atoms with van der Waals surface area (Å²) in [4.78, 5) is 0. The van der Waals surface area contributed by atoms with E-state index in [-0.39, 0.29) is 15.9 Å². The molecule has 3 nitrogen and oxygen atoms in total. The van der Waals surface area contributed by atoms with Crippen LogP contribution >= 0.6 is 0 Å². The van der Waals surface area contributed by atoms with Gasteiger partial charge in [0.05, 0.1) is 21.0 Å². The van der Waals surface area contributed by atoms with Crippen LogP contribution in [0, 0.1) is 0 Å². The normalized spacial score (nSPS) is 30.5. The van der Waals surface area contributed by atoms with Crippen molar-refractivity contribution < 1.29 is 14.6 Å². The SMILES string of the molecule is OCC(O)C[SiH]1CCCO[SiH2]1. The van der Waals surface area contributed by atoms with Crippen LogP contribution < -0.4 is 0 Å². The van der Waals surface area contributed by atoms with Crippen molar-refractivity contribution in [3.8, 4) is 0 Å². The van der Waals surface area contributed by atoms with Crippen molar-refractivity contribution in [1.82, 2.24) is 0 Å². The zero-order valence-electron chi connectivity index (χ0n) is 6.70. The fourth-order valence-corrected chi connectivity index (χ4v) is 8.79. The van der Waals surface area contributed by atoms with Gasteiger partial charge < -0.3 is 14.6 Å². The summed E-state index contributed by atoms with van der Waals surface area (Å²) in [6.07, 6.45) is 0.725. The molecule has 11 heavy (non-hydrogen) atoms. The molecule has 0 saturated carbocycles.